The number of halogens is 1. The highest BCUT2D eigenvalue weighted by Crippen LogP contribution is 2.18. The van der Waals surface area contributed by atoms with Gasteiger partial charge in [0, 0.05) is 39.4 Å². The lowest BCUT2D eigenvalue weighted by Gasteiger charge is -2.35. The van der Waals surface area contributed by atoms with Gasteiger partial charge in [0.05, 0.1) is 24.9 Å². The first-order valence-corrected chi connectivity index (χ1v) is 10.7. The highest BCUT2D eigenvalue weighted by atomic mass is 127. The van der Waals surface area contributed by atoms with E-state index >= 15 is 0 Å². The number of piperidine rings is 1. The molecule has 6 nitrogen and oxygen atoms in total. The summed E-state index contributed by atoms with van der Waals surface area (Å²) in [6, 6.07) is 0. The molecule has 3 rings (SSSR count). The van der Waals surface area contributed by atoms with E-state index in [9.17, 15) is 0 Å². The summed E-state index contributed by atoms with van der Waals surface area (Å²) in [6.45, 7) is 8.52. The van der Waals surface area contributed by atoms with E-state index < -0.39 is 0 Å². The average Bonchev–Trinajstić information content (AvgIpc) is 3.20. The summed E-state index contributed by atoms with van der Waals surface area (Å²) in [5.41, 5.74) is 0. The van der Waals surface area contributed by atoms with Gasteiger partial charge in [-0.25, -0.2) is 0 Å². The molecule has 0 aliphatic carbocycles. The van der Waals surface area contributed by atoms with Crippen LogP contribution in [0.4, 0.5) is 0 Å². The van der Waals surface area contributed by atoms with Gasteiger partial charge in [0.1, 0.15) is 0 Å². The molecule has 0 aromatic carbocycles. The number of hydrogen-bond donors (Lipinski definition) is 1. The van der Waals surface area contributed by atoms with Gasteiger partial charge in [0.25, 0.3) is 0 Å². The van der Waals surface area contributed by atoms with E-state index in [1.165, 1.54) is 25.7 Å². The van der Waals surface area contributed by atoms with Crippen LogP contribution >= 0.6 is 24.0 Å². The Bertz CT molecular complexity index is 419. The Morgan fingerprint density at radius 3 is 2.44 bits per heavy atom. The summed E-state index contributed by atoms with van der Waals surface area (Å²) in [7, 11) is 0. The van der Waals surface area contributed by atoms with Gasteiger partial charge in [-0.2, -0.15) is 0 Å². The molecule has 0 aromatic heterocycles. The SMILES string of the molecule is CCNC(=NCCC1CCCO1)N1CCC(OCC2CCCCO2)CC1.I. The zero-order valence-electron chi connectivity index (χ0n) is 16.9. The van der Waals surface area contributed by atoms with Crippen LogP contribution < -0.4 is 5.32 Å². The molecule has 3 fully saturated rings. The number of hydrogen-bond acceptors (Lipinski definition) is 4. The molecule has 0 saturated carbocycles. The van der Waals surface area contributed by atoms with Crippen molar-refractivity contribution in [1.82, 2.24) is 10.2 Å². The quantitative estimate of drug-likeness (QED) is 0.334. The van der Waals surface area contributed by atoms with Gasteiger partial charge in [-0.15, -0.1) is 24.0 Å². The van der Waals surface area contributed by atoms with E-state index in [4.69, 9.17) is 19.2 Å². The molecule has 2 atom stereocenters. The van der Waals surface area contributed by atoms with Crippen LogP contribution in [0.3, 0.4) is 0 Å². The largest absolute Gasteiger partial charge is 0.378 e. The zero-order chi connectivity index (χ0) is 18.0. The van der Waals surface area contributed by atoms with Gasteiger partial charge in [0.15, 0.2) is 5.96 Å². The lowest BCUT2D eigenvalue weighted by atomic mass is 10.1. The van der Waals surface area contributed by atoms with Crippen molar-refractivity contribution < 1.29 is 14.2 Å². The fraction of sp³-hybridized carbons (Fsp3) is 0.950. The van der Waals surface area contributed by atoms with Crippen LogP contribution in [0.5, 0.6) is 0 Å². The number of rotatable bonds is 7. The van der Waals surface area contributed by atoms with Crippen LogP contribution in [0.25, 0.3) is 0 Å². The summed E-state index contributed by atoms with van der Waals surface area (Å²) in [5, 5.41) is 3.45. The molecule has 0 bridgehead atoms. The second-order valence-corrected chi connectivity index (χ2v) is 7.67. The molecule has 3 saturated heterocycles. The lowest BCUT2D eigenvalue weighted by molar-refractivity contribution is -0.0721. The Morgan fingerprint density at radius 2 is 1.78 bits per heavy atom. The van der Waals surface area contributed by atoms with E-state index in [1.54, 1.807) is 0 Å². The minimum Gasteiger partial charge on any atom is -0.378 e. The second-order valence-electron chi connectivity index (χ2n) is 7.67. The Labute approximate surface area is 181 Å². The van der Waals surface area contributed by atoms with Gasteiger partial charge in [-0.05, 0) is 58.3 Å². The minimum absolute atomic E-state index is 0. The maximum atomic E-state index is 6.13. The summed E-state index contributed by atoms with van der Waals surface area (Å²) in [5.74, 6) is 1.06. The van der Waals surface area contributed by atoms with Crippen molar-refractivity contribution in [2.24, 2.45) is 4.99 Å². The zero-order valence-corrected chi connectivity index (χ0v) is 19.2. The summed E-state index contributed by atoms with van der Waals surface area (Å²) < 4.78 is 17.6. The molecule has 3 heterocycles. The molecule has 0 amide bonds. The van der Waals surface area contributed by atoms with Crippen molar-refractivity contribution in [2.45, 2.75) is 76.6 Å². The van der Waals surface area contributed by atoms with Crippen molar-refractivity contribution >= 4 is 29.9 Å². The number of aliphatic imine (C=N–C) groups is 1. The third kappa shape index (κ3) is 8.03. The first-order valence-electron chi connectivity index (χ1n) is 10.7. The maximum Gasteiger partial charge on any atom is 0.193 e. The van der Waals surface area contributed by atoms with E-state index in [0.717, 1.165) is 77.6 Å². The van der Waals surface area contributed by atoms with Crippen molar-refractivity contribution in [3.8, 4) is 0 Å². The first kappa shape index (κ1) is 23.2. The number of nitrogens with zero attached hydrogens (tertiary/aromatic N) is 2. The molecule has 0 spiro atoms. The molecular weight excluding hydrogens is 457 g/mol. The van der Waals surface area contributed by atoms with Crippen molar-refractivity contribution in [3.63, 3.8) is 0 Å². The van der Waals surface area contributed by atoms with Gasteiger partial charge in [0.2, 0.25) is 0 Å². The van der Waals surface area contributed by atoms with Crippen molar-refractivity contribution in [3.05, 3.63) is 0 Å². The number of guanidine groups is 1. The summed E-state index contributed by atoms with van der Waals surface area (Å²) >= 11 is 0. The van der Waals surface area contributed by atoms with E-state index in [-0.39, 0.29) is 24.0 Å². The van der Waals surface area contributed by atoms with Crippen LogP contribution in [0, 0.1) is 0 Å². The smallest absolute Gasteiger partial charge is 0.193 e. The van der Waals surface area contributed by atoms with Crippen LogP contribution in [-0.2, 0) is 14.2 Å². The van der Waals surface area contributed by atoms with Gasteiger partial charge in [-0.1, -0.05) is 0 Å². The van der Waals surface area contributed by atoms with Crippen LogP contribution in [-0.4, -0.2) is 75.2 Å². The highest BCUT2D eigenvalue weighted by Gasteiger charge is 2.24. The number of nitrogens with one attached hydrogen (secondary N) is 1. The molecule has 0 radical (unpaired) electrons. The van der Waals surface area contributed by atoms with Crippen LogP contribution in [0.1, 0.15) is 58.3 Å². The van der Waals surface area contributed by atoms with Gasteiger partial charge < -0.3 is 24.4 Å². The molecule has 7 heteroatoms. The third-order valence-corrected chi connectivity index (χ3v) is 5.60. The molecule has 2 unspecified atom stereocenters. The molecule has 0 aromatic rings. The van der Waals surface area contributed by atoms with E-state index in [2.05, 4.69) is 17.1 Å². The van der Waals surface area contributed by atoms with E-state index in [1.807, 2.05) is 0 Å². The van der Waals surface area contributed by atoms with Crippen molar-refractivity contribution in [2.75, 3.05) is 46.0 Å². The molecule has 27 heavy (non-hydrogen) atoms. The maximum absolute atomic E-state index is 6.13. The molecule has 3 aliphatic rings. The third-order valence-electron chi connectivity index (χ3n) is 5.60. The molecular formula is C20H38IN3O3. The predicted molar refractivity (Wildman–Crippen MR) is 119 cm³/mol. The molecule has 158 valence electrons. The fourth-order valence-electron chi connectivity index (χ4n) is 4.03. The standard InChI is InChI=1S/C20H37N3O3.HI/c1-2-21-20(22-11-8-17-7-5-15-24-17)23-12-9-18(10-13-23)26-16-19-6-3-4-14-25-19;/h17-19H,2-16H2,1H3,(H,21,22);1H. The van der Waals surface area contributed by atoms with Gasteiger partial charge in [-0.3, -0.25) is 4.99 Å². The fourth-order valence-corrected chi connectivity index (χ4v) is 4.03. The normalized spacial score (nSPS) is 27.4. The summed E-state index contributed by atoms with van der Waals surface area (Å²) in [6.07, 6.45) is 10.3. The molecule has 1 N–H and O–H groups in total. The van der Waals surface area contributed by atoms with Gasteiger partial charge >= 0.3 is 0 Å². The Kier molecular flexibility index (Phi) is 11.3. The van der Waals surface area contributed by atoms with E-state index in [0.29, 0.717) is 18.3 Å². The molecule has 3 aliphatic heterocycles. The van der Waals surface area contributed by atoms with Crippen LogP contribution in [0.15, 0.2) is 4.99 Å². The Morgan fingerprint density at radius 1 is 1.04 bits per heavy atom. The van der Waals surface area contributed by atoms with Crippen molar-refractivity contribution in [1.29, 1.82) is 0 Å². The highest BCUT2D eigenvalue weighted by molar-refractivity contribution is 14.0. The Hall–Kier alpha value is -0.120. The summed E-state index contributed by atoms with van der Waals surface area (Å²) in [4.78, 5) is 7.22. The first-order chi connectivity index (χ1) is 12.8. The Balaban J connectivity index is 0.00000261. The minimum atomic E-state index is 0. The average molecular weight is 495 g/mol. The number of likely N-dealkylation sites (tertiary alicyclic amines) is 1. The number of ether oxygens (including phenoxy) is 3. The monoisotopic (exact) mass is 495 g/mol. The topological polar surface area (TPSA) is 55.3 Å². The predicted octanol–water partition coefficient (Wildman–Crippen LogP) is 3.19. The van der Waals surface area contributed by atoms with Crippen LogP contribution in [0.2, 0.25) is 0 Å². The lowest BCUT2D eigenvalue weighted by Crippen LogP contribution is -2.47. The second kappa shape index (κ2) is 13.2.